The van der Waals surface area contributed by atoms with E-state index in [2.05, 4.69) is 28.5 Å². The molecular weight excluding hydrogens is 276 g/mol. The highest BCUT2D eigenvalue weighted by molar-refractivity contribution is 5.16. The lowest BCUT2D eigenvalue weighted by molar-refractivity contribution is -0.0112. The molecular formula is C17H24N4O. The van der Waals surface area contributed by atoms with Gasteiger partial charge in [0.15, 0.2) is 0 Å². The standard InChI is InChI=1S/C17H24N4O/c1-2-9-21-13-14(12-20-21)11-19-16-4-3-10-22-17(16)15-5-7-18-8-6-15/h5-8,12-13,16-17,19H,2-4,9-11H2,1H3/t16-,17+/m0/s1. The van der Waals surface area contributed by atoms with E-state index in [1.165, 1.54) is 11.1 Å². The second-order valence-electron chi connectivity index (χ2n) is 5.81. The molecule has 0 bridgehead atoms. The third kappa shape index (κ3) is 3.72. The fourth-order valence-corrected chi connectivity index (χ4v) is 2.97. The predicted octanol–water partition coefficient (Wildman–Crippen LogP) is 2.70. The highest BCUT2D eigenvalue weighted by atomic mass is 16.5. The lowest BCUT2D eigenvalue weighted by Crippen LogP contribution is -2.39. The van der Waals surface area contributed by atoms with E-state index in [0.717, 1.165) is 39.0 Å². The second kappa shape index (κ2) is 7.51. The first-order chi connectivity index (χ1) is 10.9. The molecule has 1 aliphatic rings. The van der Waals surface area contributed by atoms with Crippen molar-refractivity contribution in [3.8, 4) is 0 Å². The summed E-state index contributed by atoms with van der Waals surface area (Å²) in [6.07, 6.45) is 11.2. The van der Waals surface area contributed by atoms with Gasteiger partial charge in [-0.05, 0) is 37.0 Å². The Hall–Kier alpha value is -1.72. The van der Waals surface area contributed by atoms with Crippen LogP contribution in [0.5, 0.6) is 0 Å². The molecule has 0 aromatic carbocycles. The van der Waals surface area contributed by atoms with Crippen LogP contribution >= 0.6 is 0 Å². The van der Waals surface area contributed by atoms with E-state index in [9.17, 15) is 0 Å². The highest BCUT2D eigenvalue weighted by Crippen LogP contribution is 2.28. The Bertz CT molecular complexity index is 569. The fraction of sp³-hybridized carbons (Fsp3) is 0.529. The molecule has 0 radical (unpaired) electrons. The molecule has 1 aliphatic heterocycles. The number of pyridine rings is 1. The van der Waals surface area contributed by atoms with Gasteiger partial charge < -0.3 is 10.1 Å². The van der Waals surface area contributed by atoms with E-state index in [4.69, 9.17) is 4.74 Å². The number of hydrogen-bond acceptors (Lipinski definition) is 4. The molecule has 1 saturated heterocycles. The first-order valence-electron chi connectivity index (χ1n) is 8.13. The minimum absolute atomic E-state index is 0.113. The normalized spacial score (nSPS) is 21.9. The molecule has 2 atom stereocenters. The number of nitrogens with one attached hydrogen (secondary N) is 1. The van der Waals surface area contributed by atoms with Crippen LogP contribution in [0.4, 0.5) is 0 Å². The summed E-state index contributed by atoms with van der Waals surface area (Å²) in [5, 5.41) is 8.03. The maximum Gasteiger partial charge on any atom is 0.0978 e. The number of nitrogens with zero attached hydrogens (tertiary/aromatic N) is 3. The van der Waals surface area contributed by atoms with Crippen molar-refractivity contribution in [1.29, 1.82) is 0 Å². The zero-order valence-electron chi connectivity index (χ0n) is 13.1. The van der Waals surface area contributed by atoms with Crippen LogP contribution in [0.1, 0.15) is 43.4 Å². The molecule has 3 rings (SSSR count). The second-order valence-corrected chi connectivity index (χ2v) is 5.81. The van der Waals surface area contributed by atoms with Gasteiger partial charge in [0, 0.05) is 49.9 Å². The van der Waals surface area contributed by atoms with Crippen molar-refractivity contribution in [1.82, 2.24) is 20.1 Å². The van der Waals surface area contributed by atoms with Gasteiger partial charge in [0.2, 0.25) is 0 Å². The number of rotatable bonds is 6. The average Bonchev–Trinajstić information content (AvgIpc) is 3.02. The Kier molecular flexibility index (Phi) is 5.19. The Morgan fingerprint density at radius 3 is 3.05 bits per heavy atom. The number of aromatic nitrogens is 3. The third-order valence-electron chi connectivity index (χ3n) is 4.06. The summed E-state index contributed by atoms with van der Waals surface area (Å²) in [5.74, 6) is 0. The van der Waals surface area contributed by atoms with Crippen LogP contribution in [0.15, 0.2) is 36.9 Å². The van der Waals surface area contributed by atoms with Gasteiger partial charge in [-0.3, -0.25) is 9.67 Å². The van der Waals surface area contributed by atoms with Crippen LogP contribution < -0.4 is 5.32 Å². The van der Waals surface area contributed by atoms with Crippen molar-refractivity contribution in [2.45, 2.75) is 51.4 Å². The van der Waals surface area contributed by atoms with Crippen LogP contribution in [-0.4, -0.2) is 27.4 Å². The number of hydrogen-bond donors (Lipinski definition) is 1. The SMILES string of the molecule is CCCn1cc(CN[C@H]2CCCO[C@@H]2c2ccncc2)cn1. The monoisotopic (exact) mass is 300 g/mol. The molecule has 118 valence electrons. The maximum absolute atomic E-state index is 6.00. The molecule has 0 aliphatic carbocycles. The van der Waals surface area contributed by atoms with Crippen molar-refractivity contribution in [2.24, 2.45) is 0 Å². The van der Waals surface area contributed by atoms with Crippen molar-refractivity contribution in [2.75, 3.05) is 6.61 Å². The molecule has 0 saturated carbocycles. The molecule has 22 heavy (non-hydrogen) atoms. The molecule has 1 N–H and O–H groups in total. The maximum atomic E-state index is 6.00. The molecule has 2 aromatic heterocycles. The van der Waals surface area contributed by atoms with E-state index in [-0.39, 0.29) is 6.10 Å². The zero-order chi connectivity index (χ0) is 15.2. The zero-order valence-corrected chi connectivity index (χ0v) is 13.1. The summed E-state index contributed by atoms with van der Waals surface area (Å²) in [6, 6.07) is 4.43. The predicted molar refractivity (Wildman–Crippen MR) is 85.3 cm³/mol. The Morgan fingerprint density at radius 2 is 2.23 bits per heavy atom. The minimum Gasteiger partial charge on any atom is -0.372 e. The van der Waals surface area contributed by atoms with Gasteiger partial charge in [0.25, 0.3) is 0 Å². The first-order valence-corrected chi connectivity index (χ1v) is 8.13. The van der Waals surface area contributed by atoms with E-state index >= 15 is 0 Å². The Balaban J connectivity index is 1.61. The minimum atomic E-state index is 0.113. The van der Waals surface area contributed by atoms with Crippen molar-refractivity contribution in [3.63, 3.8) is 0 Å². The summed E-state index contributed by atoms with van der Waals surface area (Å²) in [6.45, 7) is 4.81. The molecule has 2 aromatic rings. The molecule has 0 amide bonds. The summed E-state index contributed by atoms with van der Waals surface area (Å²) in [4.78, 5) is 4.09. The summed E-state index contributed by atoms with van der Waals surface area (Å²) in [7, 11) is 0. The summed E-state index contributed by atoms with van der Waals surface area (Å²) in [5.41, 5.74) is 2.43. The topological polar surface area (TPSA) is 52.0 Å². The lowest BCUT2D eigenvalue weighted by Gasteiger charge is -2.32. The van der Waals surface area contributed by atoms with Gasteiger partial charge in [-0.1, -0.05) is 6.92 Å². The van der Waals surface area contributed by atoms with Crippen molar-refractivity contribution in [3.05, 3.63) is 48.0 Å². The molecule has 5 nitrogen and oxygen atoms in total. The lowest BCUT2D eigenvalue weighted by atomic mass is 9.96. The van der Waals surface area contributed by atoms with Gasteiger partial charge in [-0.25, -0.2) is 0 Å². The van der Waals surface area contributed by atoms with E-state index in [1.54, 1.807) is 0 Å². The third-order valence-corrected chi connectivity index (χ3v) is 4.06. The molecule has 1 fully saturated rings. The molecule has 5 heteroatoms. The van der Waals surface area contributed by atoms with E-state index in [0.29, 0.717) is 6.04 Å². The van der Waals surface area contributed by atoms with Crippen LogP contribution in [0, 0.1) is 0 Å². The summed E-state index contributed by atoms with van der Waals surface area (Å²) >= 11 is 0. The van der Waals surface area contributed by atoms with Gasteiger partial charge in [0.1, 0.15) is 0 Å². The van der Waals surface area contributed by atoms with Crippen molar-refractivity contribution < 1.29 is 4.74 Å². The Labute approximate surface area is 131 Å². The fourth-order valence-electron chi connectivity index (χ4n) is 2.97. The van der Waals surface area contributed by atoms with Crippen LogP contribution in [0.3, 0.4) is 0 Å². The van der Waals surface area contributed by atoms with E-state index < -0.39 is 0 Å². The van der Waals surface area contributed by atoms with Crippen LogP contribution in [0.2, 0.25) is 0 Å². The van der Waals surface area contributed by atoms with E-state index in [1.807, 2.05) is 35.4 Å². The highest BCUT2D eigenvalue weighted by Gasteiger charge is 2.27. The largest absolute Gasteiger partial charge is 0.372 e. The van der Waals surface area contributed by atoms with Crippen molar-refractivity contribution >= 4 is 0 Å². The van der Waals surface area contributed by atoms with Crippen LogP contribution in [-0.2, 0) is 17.8 Å². The quantitative estimate of drug-likeness (QED) is 0.891. The molecule has 3 heterocycles. The van der Waals surface area contributed by atoms with Gasteiger partial charge in [-0.2, -0.15) is 5.10 Å². The van der Waals surface area contributed by atoms with Gasteiger partial charge in [-0.15, -0.1) is 0 Å². The molecule has 0 unspecified atom stereocenters. The number of aryl methyl sites for hydroxylation is 1. The van der Waals surface area contributed by atoms with Crippen LogP contribution in [0.25, 0.3) is 0 Å². The smallest absolute Gasteiger partial charge is 0.0978 e. The molecule has 0 spiro atoms. The Morgan fingerprint density at radius 1 is 1.36 bits per heavy atom. The van der Waals surface area contributed by atoms with Gasteiger partial charge in [0.05, 0.1) is 12.3 Å². The average molecular weight is 300 g/mol. The van der Waals surface area contributed by atoms with Gasteiger partial charge >= 0.3 is 0 Å². The number of ether oxygens (including phenoxy) is 1. The summed E-state index contributed by atoms with van der Waals surface area (Å²) < 4.78 is 8.01. The first kappa shape index (κ1) is 15.2.